The Kier molecular flexibility index (Phi) is 2.88. The minimum Gasteiger partial charge on any atom is -0.297 e. The molecule has 0 aliphatic heterocycles. The molecule has 1 atom stereocenters. The van der Waals surface area contributed by atoms with Gasteiger partial charge in [-0.2, -0.15) is 0 Å². The number of hydrogen-bond donors (Lipinski definition) is 0. The molecule has 0 N–H and O–H groups in total. The smallest absolute Gasteiger partial charge is 0.184 e. The van der Waals surface area contributed by atoms with Gasteiger partial charge >= 0.3 is 0 Å². The SMILES string of the molecule is CC[C@@](Br)(C(=O)C1CC1)S(C)(=O)=O. The van der Waals surface area contributed by atoms with E-state index >= 15 is 0 Å². The first kappa shape index (κ1) is 11.2. The van der Waals surface area contributed by atoms with Crippen molar-refractivity contribution in [3.8, 4) is 0 Å². The Morgan fingerprint density at radius 3 is 2.23 bits per heavy atom. The number of halogens is 1. The van der Waals surface area contributed by atoms with Crippen molar-refractivity contribution in [1.29, 1.82) is 0 Å². The number of Topliss-reactive ketones (excluding diaryl/α,β-unsaturated/α-hetero) is 1. The molecule has 13 heavy (non-hydrogen) atoms. The molecule has 0 radical (unpaired) electrons. The molecule has 3 nitrogen and oxygen atoms in total. The number of rotatable bonds is 4. The van der Waals surface area contributed by atoms with Crippen molar-refractivity contribution < 1.29 is 13.2 Å². The van der Waals surface area contributed by atoms with E-state index < -0.39 is 13.5 Å². The topological polar surface area (TPSA) is 51.2 Å². The molecule has 0 bridgehead atoms. The lowest BCUT2D eigenvalue weighted by Gasteiger charge is -2.22. The summed E-state index contributed by atoms with van der Waals surface area (Å²) in [6.07, 6.45) is 3.07. The zero-order chi connectivity index (χ0) is 10.3. The molecule has 0 saturated heterocycles. The van der Waals surface area contributed by atoms with Crippen molar-refractivity contribution in [2.75, 3.05) is 6.26 Å². The summed E-state index contributed by atoms with van der Waals surface area (Å²) in [5.74, 6) is -0.202. The molecule has 1 fully saturated rings. The van der Waals surface area contributed by atoms with Gasteiger partial charge in [0, 0.05) is 12.2 Å². The zero-order valence-electron chi connectivity index (χ0n) is 7.71. The van der Waals surface area contributed by atoms with Crippen LogP contribution < -0.4 is 0 Å². The molecule has 0 unspecified atom stereocenters. The Bertz CT molecular complexity index is 318. The van der Waals surface area contributed by atoms with Crippen molar-refractivity contribution >= 4 is 31.6 Å². The molecule has 0 amide bonds. The molecule has 0 aromatic heterocycles. The zero-order valence-corrected chi connectivity index (χ0v) is 10.1. The first-order valence-electron chi connectivity index (χ1n) is 4.25. The van der Waals surface area contributed by atoms with E-state index in [-0.39, 0.29) is 11.7 Å². The summed E-state index contributed by atoms with van der Waals surface area (Å²) >= 11 is 3.07. The monoisotopic (exact) mass is 268 g/mol. The fraction of sp³-hybridized carbons (Fsp3) is 0.875. The van der Waals surface area contributed by atoms with Crippen LogP contribution in [0.15, 0.2) is 0 Å². The Morgan fingerprint density at radius 1 is 1.54 bits per heavy atom. The fourth-order valence-corrected chi connectivity index (χ4v) is 2.65. The second kappa shape index (κ2) is 3.35. The fourth-order valence-electron chi connectivity index (χ4n) is 1.27. The Labute approximate surface area is 86.9 Å². The van der Waals surface area contributed by atoms with Crippen molar-refractivity contribution in [2.24, 2.45) is 5.92 Å². The van der Waals surface area contributed by atoms with E-state index in [1.54, 1.807) is 6.92 Å². The van der Waals surface area contributed by atoms with Gasteiger partial charge in [-0.15, -0.1) is 0 Å². The third-order valence-corrected chi connectivity index (χ3v) is 6.74. The minimum absolute atomic E-state index is 0.0333. The summed E-state index contributed by atoms with van der Waals surface area (Å²) in [5.41, 5.74) is 0. The highest BCUT2D eigenvalue weighted by atomic mass is 79.9. The van der Waals surface area contributed by atoms with Gasteiger partial charge in [-0.25, -0.2) is 8.42 Å². The highest BCUT2D eigenvalue weighted by Crippen LogP contribution is 2.41. The minimum atomic E-state index is -3.35. The highest BCUT2D eigenvalue weighted by molar-refractivity contribution is 9.12. The van der Waals surface area contributed by atoms with Gasteiger partial charge in [0.05, 0.1) is 0 Å². The van der Waals surface area contributed by atoms with Crippen LogP contribution in [0, 0.1) is 5.92 Å². The molecule has 1 saturated carbocycles. The average Bonchev–Trinajstić information content (AvgIpc) is 2.81. The molecule has 0 spiro atoms. The van der Waals surface area contributed by atoms with Crippen LogP contribution >= 0.6 is 15.9 Å². The van der Waals surface area contributed by atoms with Crippen LogP contribution in [-0.4, -0.2) is 24.1 Å². The third kappa shape index (κ3) is 1.96. The van der Waals surface area contributed by atoms with E-state index in [0.29, 0.717) is 6.42 Å². The van der Waals surface area contributed by atoms with Gasteiger partial charge in [-0.1, -0.05) is 22.9 Å². The van der Waals surface area contributed by atoms with Gasteiger partial charge in [-0.3, -0.25) is 4.79 Å². The molecule has 0 aromatic carbocycles. The maximum Gasteiger partial charge on any atom is 0.184 e. The summed E-state index contributed by atoms with van der Waals surface area (Å²) in [6.45, 7) is 1.70. The lowest BCUT2D eigenvalue weighted by molar-refractivity contribution is -0.120. The molecule has 1 aliphatic rings. The number of carbonyl (C=O) groups excluding carboxylic acids is 1. The number of hydrogen-bond acceptors (Lipinski definition) is 3. The van der Waals surface area contributed by atoms with Gasteiger partial charge in [0.2, 0.25) is 0 Å². The van der Waals surface area contributed by atoms with Gasteiger partial charge in [0.15, 0.2) is 19.3 Å². The molecule has 76 valence electrons. The first-order valence-corrected chi connectivity index (χ1v) is 6.94. The van der Waals surface area contributed by atoms with E-state index in [0.717, 1.165) is 19.1 Å². The molecule has 1 aliphatic carbocycles. The van der Waals surface area contributed by atoms with E-state index in [9.17, 15) is 13.2 Å². The van der Waals surface area contributed by atoms with Gasteiger partial charge < -0.3 is 0 Å². The summed E-state index contributed by atoms with van der Waals surface area (Å²) in [6, 6.07) is 0. The maximum absolute atomic E-state index is 11.7. The van der Waals surface area contributed by atoms with E-state index in [1.807, 2.05) is 0 Å². The number of carbonyl (C=O) groups is 1. The predicted molar refractivity (Wildman–Crippen MR) is 54.5 cm³/mol. The highest BCUT2D eigenvalue weighted by Gasteiger charge is 2.49. The quantitative estimate of drug-likeness (QED) is 0.727. The van der Waals surface area contributed by atoms with E-state index in [2.05, 4.69) is 15.9 Å². The summed E-state index contributed by atoms with van der Waals surface area (Å²) in [7, 11) is -3.35. The standard InChI is InChI=1S/C8H13BrO3S/c1-3-8(9,13(2,11)12)7(10)6-4-5-6/h6H,3-5H2,1-2H3/t8-/m0/s1. The van der Waals surface area contributed by atoms with Crippen LogP contribution in [0.3, 0.4) is 0 Å². The maximum atomic E-state index is 11.7. The number of alkyl halides is 1. The molecular weight excluding hydrogens is 256 g/mol. The first-order chi connectivity index (χ1) is 5.83. The van der Waals surface area contributed by atoms with Crippen LogP contribution in [-0.2, 0) is 14.6 Å². The van der Waals surface area contributed by atoms with Crippen molar-refractivity contribution in [1.82, 2.24) is 0 Å². The average molecular weight is 269 g/mol. The van der Waals surface area contributed by atoms with Gasteiger partial charge in [0.25, 0.3) is 0 Å². The van der Waals surface area contributed by atoms with Crippen molar-refractivity contribution in [2.45, 2.75) is 29.8 Å². The van der Waals surface area contributed by atoms with Crippen molar-refractivity contribution in [3.63, 3.8) is 0 Å². The van der Waals surface area contributed by atoms with Crippen LogP contribution in [0.2, 0.25) is 0 Å². The van der Waals surface area contributed by atoms with Gasteiger partial charge in [-0.05, 0) is 19.3 Å². The van der Waals surface area contributed by atoms with E-state index in [4.69, 9.17) is 0 Å². The Hall–Kier alpha value is 0.1000. The Morgan fingerprint density at radius 2 is 2.00 bits per heavy atom. The summed E-state index contributed by atoms with van der Waals surface area (Å²) in [4.78, 5) is 11.7. The lowest BCUT2D eigenvalue weighted by Crippen LogP contribution is -2.40. The largest absolute Gasteiger partial charge is 0.297 e. The molecule has 1 rings (SSSR count). The molecule has 5 heteroatoms. The molecular formula is C8H13BrO3S. The number of sulfone groups is 1. The van der Waals surface area contributed by atoms with Crippen LogP contribution in [0.5, 0.6) is 0 Å². The normalized spacial score (nSPS) is 22.4. The second-order valence-corrected chi connectivity index (χ2v) is 7.61. The third-order valence-electron chi connectivity index (χ3n) is 2.36. The van der Waals surface area contributed by atoms with Crippen molar-refractivity contribution in [3.05, 3.63) is 0 Å². The molecule has 0 aromatic rings. The van der Waals surface area contributed by atoms with Crippen LogP contribution in [0.25, 0.3) is 0 Å². The van der Waals surface area contributed by atoms with Crippen LogP contribution in [0.4, 0.5) is 0 Å². The second-order valence-electron chi connectivity index (χ2n) is 3.49. The predicted octanol–water partition coefficient (Wildman–Crippen LogP) is 1.51. The molecule has 0 heterocycles. The van der Waals surface area contributed by atoms with Crippen LogP contribution in [0.1, 0.15) is 26.2 Å². The van der Waals surface area contributed by atoms with E-state index in [1.165, 1.54) is 0 Å². The summed E-state index contributed by atoms with van der Waals surface area (Å²) < 4.78 is 21.4. The Balaban J connectivity index is 2.99. The summed E-state index contributed by atoms with van der Waals surface area (Å²) in [5, 5.41) is 0. The van der Waals surface area contributed by atoms with Gasteiger partial charge in [0.1, 0.15) is 0 Å². The lowest BCUT2D eigenvalue weighted by atomic mass is 10.1. The number of ketones is 1.